The zero-order chi connectivity index (χ0) is 12.1. The molecule has 1 N–H and O–H groups in total. The van der Waals surface area contributed by atoms with E-state index < -0.39 is 0 Å². The summed E-state index contributed by atoms with van der Waals surface area (Å²) in [6.07, 6.45) is 2.86. The van der Waals surface area contributed by atoms with Crippen LogP contribution in [0.25, 0.3) is 0 Å². The van der Waals surface area contributed by atoms with Gasteiger partial charge in [-0.1, -0.05) is 6.92 Å². The second-order valence-corrected chi connectivity index (χ2v) is 5.66. The second-order valence-electron chi connectivity index (χ2n) is 3.50. The third-order valence-corrected chi connectivity index (χ3v) is 3.77. The first-order chi connectivity index (χ1) is 8.28. The lowest BCUT2D eigenvalue weighted by Gasteiger charge is -2.05. The molecular formula is C11H14N4S2. The van der Waals surface area contributed by atoms with Crippen LogP contribution in [-0.2, 0) is 0 Å². The highest BCUT2D eigenvalue weighted by molar-refractivity contribution is 8.01. The quantitative estimate of drug-likeness (QED) is 0.842. The Kier molecular flexibility index (Phi) is 4.33. The Balaban J connectivity index is 2.13. The minimum atomic E-state index is 0.700. The number of nitrogens with one attached hydrogen (secondary N) is 1. The number of hydrogen-bond acceptors (Lipinski definition) is 6. The fourth-order valence-electron chi connectivity index (χ4n) is 1.26. The number of aryl methyl sites for hydroxylation is 1. The largest absolute Gasteiger partial charge is 0.354 e. The first-order valence-corrected chi connectivity index (χ1v) is 7.14. The number of aromatic nitrogens is 3. The molecule has 0 atom stereocenters. The molecule has 0 saturated heterocycles. The molecule has 17 heavy (non-hydrogen) atoms. The van der Waals surface area contributed by atoms with E-state index in [4.69, 9.17) is 0 Å². The van der Waals surface area contributed by atoms with Crippen LogP contribution in [-0.4, -0.2) is 21.5 Å². The van der Waals surface area contributed by atoms with E-state index in [1.165, 1.54) is 0 Å². The van der Waals surface area contributed by atoms with Crippen LogP contribution in [0.2, 0.25) is 0 Å². The van der Waals surface area contributed by atoms with Gasteiger partial charge < -0.3 is 5.32 Å². The summed E-state index contributed by atoms with van der Waals surface area (Å²) < 4.78 is 1.00. The molecule has 2 heterocycles. The molecule has 0 fully saturated rings. The van der Waals surface area contributed by atoms with E-state index in [0.717, 1.165) is 28.0 Å². The van der Waals surface area contributed by atoms with Crippen molar-refractivity contribution in [3.63, 3.8) is 0 Å². The van der Waals surface area contributed by atoms with E-state index in [1.54, 1.807) is 29.3 Å². The molecule has 0 aliphatic carbocycles. The van der Waals surface area contributed by atoms with Crippen molar-refractivity contribution in [3.05, 3.63) is 23.3 Å². The van der Waals surface area contributed by atoms with Crippen molar-refractivity contribution < 1.29 is 0 Å². The monoisotopic (exact) mass is 266 g/mol. The van der Waals surface area contributed by atoms with E-state index in [1.807, 2.05) is 18.4 Å². The van der Waals surface area contributed by atoms with Gasteiger partial charge in [0, 0.05) is 23.8 Å². The molecule has 0 radical (unpaired) electrons. The van der Waals surface area contributed by atoms with Gasteiger partial charge in [-0.3, -0.25) is 0 Å². The Morgan fingerprint density at radius 1 is 1.41 bits per heavy atom. The van der Waals surface area contributed by atoms with Crippen LogP contribution < -0.4 is 5.32 Å². The first kappa shape index (κ1) is 12.3. The maximum absolute atomic E-state index is 4.45. The summed E-state index contributed by atoms with van der Waals surface area (Å²) in [5.41, 5.74) is 0.970. The summed E-state index contributed by atoms with van der Waals surface area (Å²) in [6, 6.07) is 1.98. The van der Waals surface area contributed by atoms with E-state index >= 15 is 0 Å². The van der Waals surface area contributed by atoms with Crippen LogP contribution >= 0.6 is 23.1 Å². The van der Waals surface area contributed by atoms with Gasteiger partial charge in [0.1, 0.15) is 5.03 Å². The van der Waals surface area contributed by atoms with Crippen LogP contribution in [0.3, 0.4) is 0 Å². The van der Waals surface area contributed by atoms with E-state index in [9.17, 15) is 0 Å². The zero-order valence-electron chi connectivity index (χ0n) is 9.80. The molecule has 0 saturated carbocycles. The highest BCUT2D eigenvalue weighted by Crippen LogP contribution is 2.28. The Morgan fingerprint density at radius 3 is 3.00 bits per heavy atom. The normalized spacial score (nSPS) is 10.5. The van der Waals surface area contributed by atoms with Gasteiger partial charge in [0.05, 0.1) is 0 Å². The molecule has 4 nitrogen and oxygen atoms in total. The van der Waals surface area contributed by atoms with Crippen molar-refractivity contribution in [3.8, 4) is 0 Å². The van der Waals surface area contributed by atoms with E-state index in [0.29, 0.717) is 5.95 Å². The SMILES string of the molecule is CCCNc1nc(C)cc(Sc2nccs2)n1. The standard InChI is InChI=1S/C11H14N4S2/c1-3-4-12-10-14-8(2)7-9(15-10)17-11-13-5-6-16-11/h5-7H,3-4H2,1-2H3,(H,12,14,15). The number of rotatable bonds is 5. The van der Waals surface area contributed by atoms with Crippen LogP contribution in [0.4, 0.5) is 5.95 Å². The average molecular weight is 266 g/mol. The van der Waals surface area contributed by atoms with Crippen LogP contribution in [0.5, 0.6) is 0 Å². The van der Waals surface area contributed by atoms with Crippen LogP contribution in [0, 0.1) is 6.92 Å². The maximum atomic E-state index is 4.45. The minimum absolute atomic E-state index is 0.700. The van der Waals surface area contributed by atoms with Crippen molar-refractivity contribution in [2.24, 2.45) is 0 Å². The smallest absolute Gasteiger partial charge is 0.223 e. The number of hydrogen-bond donors (Lipinski definition) is 1. The lowest BCUT2D eigenvalue weighted by molar-refractivity contribution is 0.924. The molecule has 0 bridgehead atoms. The maximum Gasteiger partial charge on any atom is 0.223 e. The number of nitrogens with zero attached hydrogens (tertiary/aromatic N) is 3. The molecule has 2 aromatic rings. The molecule has 0 aliphatic heterocycles. The summed E-state index contributed by atoms with van der Waals surface area (Å²) in [7, 11) is 0. The molecule has 6 heteroatoms. The van der Waals surface area contributed by atoms with Crippen molar-refractivity contribution >= 4 is 29.0 Å². The topological polar surface area (TPSA) is 50.7 Å². The summed E-state index contributed by atoms with van der Waals surface area (Å²) in [5.74, 6) is 0.700. The van der Waals surface area contributed by atoms with E-state index in [-0.39, 0.29) is 0 Å². The summed E-state index contributed by atoms with van der Waals surface area (Å²) in [4.78, 5) is 13.0. The van der Waals surface area contributed by atoms with Gasteiger partial charge >= 0.3 is 0 Å². The number of anilines is 1. The van der Waals surface area contributed by atoms with Gasteiger partial charge in [-0.05, 0) is 31.2 Å². The molecule has 2 rings (SSSR count). The third-order valence-electron chi connectivity index (χ3n) is 1.97. The number of thiazole rings is 1. The van der Waals surface area contributed by atoms with Gasteiger partial charge in [-0.25, -0.2) is 15.0 Å². The van der Waals surface area contributed by atoms with Crippen LogP contribution in [0.15, 0.2) is 27.0 Å². The predicted octanol–water partition coefficient (Wildman–Crippen LogP) is 3.21. The summed E-state index contributed by atoms with van der Waals surface area (Å²) in [5, 5.41) is 6.10. The predicted molar refractivity (Wildman–Crippen MR) is 71.8 cm³/mol. The highest BCUT2D eigenvalue weighted by atomic mass is 32.2. The molecule has 90 valence electrons. The van der Waals surface area contributed by atoms with Crippen molar-refractivity contribution in [2.75, 3.05) is 11.9 Å². The average Bonchev–Trinajstić information content (AvgIpc) is 2.78. The van der Waals surface area contributed by atoms with Crippen LogP contribution in [0.1, 0.15) is 19.0 Å². The molecule has 0 aromatic carbocycles. The molecule has 2 aromatic heterocycles. The Labute approximate surface area is 109 Å². The van der Waals surface area contributed by atoms with Gasteiger partial charge in [-0.15, -0.1) is 11.3 Å². The first-order valence-electron chi connectivity index (χ1n) is 5.45. The lowest BCUT2D eigenvalue weighted by atomic mass is 10.4. The lowest BCUT2D eigenvalue weighted by Crippen LogP contribution is -2.05. The fourth-order valence-corrected chi connectivity index (χ4v) is 2.89. The van der Waals surface area contributed by atoms with Crippen molar-refractivity contribution in [1.82, 2.24) is 15.0 Å². The van der Waals surface area contributed by atoms with Crippen molar-refractivity contribution in [2.45, 2.75) is 29.6 Å². The summed E-state index contributed by atoms with van der Waals surface area (Å²) in [6.45, 7) is 4.99. The Morgan fingerprint density at radius 2 is 2.29 bits per heavy atom. The molecule has 0 spiro atoms. The molecule has 0 aliphatic rings. The highest BCUT2D eigenvalue weighted by Gasteiger charge is 2.05. The molecule has 0 amide bonds. The third kappa shape index (κ3) is 3.67. The fraction of sp³-hybridized carbons (Fsp3) is 0.364. The van der Waals surface area contributed by atoms with Gasteiger partial charge in [0.2, 0.25) is 5.95 Å². The minimum Gasteiger partial charge on any atom is -0.354 e. The molecule has 0 unspecified atom stereocenters. The van der Waals surface area contributed by atoms with Crippen molar-refractivity contribution in [1.29, 1.82) is 0 Å². The zero-order valence-corrected chi connectivity index (χ0v) is 11.4. The second kappa shape index (κ2) is 5.97. The Bertz CT molecular complexity index is 470. The van der Waals surface area contributed by atoms with Gasteiger partial charge in [0.25, 0.3) is 0 Å². The Hall–Kier alpha value is -1.14. The molecular weight excluding hydrogens is 252 g/mol. The van der Waals surface area contributed by atoms with Gasteiger partial charge in [0.15, 0.2) is 4.34 Å². The summed E-state index contributed by atoms with van der Waals surface area (Å²) >= 11 is 3.19. The van der Waals surface area contributed by atoms with E-state index in [2.05, 4.69) is 27.2 Å². The van der Waals surface area contributed by atoms with Gasteiger partial charge in [-0.2, -0.15) is 0 Å².